The quantitative estimate of drug-likeness (QED) is 0.181. The van der Waals surface area contributed by atoms with Crippen molar-refractivity contribution in [3.8, 4) is 56.2 Å². The summed E-state index contributed by atoms with van der Waals surface area (Å²) in [6, 6.07) is 54.3. The minimum atomic E-state index is -0.0428. The van der Waals surface area contributed by atoms with Crippen LogP contribution in [0, 0.1) is 0 Å². The molecule has 0 saturated heterocycles. The monoisotopic (exact) mass is 684 g/mol. The SMILES string of the molecule is Cn1c(=O)n(C)c2cc(-c3cccc(-c4cc(-c5ccccc5-c5cccc6oc7cc8ccccc8cc7c56)nc(-c5ccccc5)n4)c3)ccc21. The number of aryl methyl sites for hydroxylation is 2. The molecule has 0 radical (unpaired) electrons. The van der Waals surface area contributed by atoms with Crippen LogP contribution in [0.25, 0.3) is 99.9 Å². The van der Waals surface area contributed by atoms with Crippen LogP contribution in [-0.4, -0.2) is 19.1 Å². The van der Waals surface area contributed by atoms with E-state index in [1.165, 1.54) is 5.39 Å². The Hall–Kier alpha value is -7.05. The van der Waals surface area contributed by atoms with Gasteiger partial charge in [-0.2, -0.15) is 0 Å². The summed E-state index contributed by atoms with van der Waals surface area (Å²) in [6.07, 6.45) is 0. The second-order valence-corrected chi connectivity index (χ2v) is 13.5. The zero-order valence-electron chi connectivity index (χ0n) is 29.1. The summed E-state index contributed by atoms with van der Waals surface area (Å²) in [4.78, 5) is 23.0. The first-order chi connectivity index (χ1) is 26.0. The predicted octanol–water partition coefficient (Wildman–Crippen LogP) is 11.1. The largest absolute Gasteiger partial charge is 0.456 e. The molecular weight excluding hydrogens is 653 g/mol. The van der Waals surface area contributed by atoms with Gasteiger partial charge < -0.3 is 4.42 Å². The fraction of sp³-hybridized carbons (Fsp3) is 0.0426. The van der Waals surface area contributed by atoms with Crippen molar-refractivity contribution >= 4 is 43.7 Å². The lowest BCUT2D eigenvalue weighted by atomic mass is 9.93. The molecule has 0 atom stereocenters. The van der Waals surface area contributed by atoms with Crippen LogP contribution in [0.2, 0.25) is 0 Å². The topological polar surface area (TPSA) is 65.8 Å². The van der Waals surface area contributed by atoms with Crippen LogP contribution in [0.5, 0.6) is 0 Å². The molecular formula is C47H32N4O2. The van der Waals surface area contributed by atoms with E-state index in [0.29, 0.717) is 5.82 Å². The molecule has 0 unspecified atom stereocenters. The number of benzene rings is 7. The highest BCUT2D eigenvalue weighted by Gasteiger charge is 2.19. The van der Waals surface area contributed by atoms with Crippen LogP contribution in [0.1, 0.15) is 0 Å². The third-order valence-corrected chi connectivity index (χ3v) is 10.4. The Labute approximate surface area is 304 Å². The smallest absolute Gasteiger partial charge is 0.328 e. The van der Waals surface area contributed by atoms with Gasteiger partial charge in [-0.05, 0) is 75.5 Å². The summed E-state index contributed by atoms with van der Waals surface area (Å²) in [5, 5.41) is 4.49. The van der Waals surface area contributed by atoms with Crippen molar-refractivity contribution in [1.82, 2.24) is 19.1 Å². The first-order valence-corrected chi connectivity index (χ1v) is 17.6. The molecule has 0 spiro atoms. The number of aromatic nitrogens is 4. The molecule has 10 aromatic rings. The van der Waals surface area contributed by atoms with Crippen molar-refractivity contribution in [2.24, 2.45) is 14.1 Å². The van der Waals surface area contributed by atoms with Gasteiger partial charge in [0.2, 0.25) is 0 Å². The van der Waals surface area contributed by atoms with Gasteiger partial charge >= 0.3 is 5.69 Å². The van der Waals surface area contributed by atoms with Crippen molar-refractivity contribution in [2.45, 2.75) is 0 Å². The van der Waals surface area contributed by atoms with E-state index in [9.17, 15) is 4.79 Å². The van der Waals surface area contributed by atoms with Gasteiger partial charge in [0.25, 0.3) is 0 Å². The second-order valence-electron chi connectivity index (χ2n) is 13.5. The Morgan fingerprint density at radius 2 is 1.11 bits per heavy atom. The molecule has 0 aliphatic carbocycles. The maximum absolute atomic E-state index is 12.6. The van der Waals surface area contributed by atoms with Crippen LogP contribution in [0.3, 0.4) is 0 Å². The van der Waals surface area contributed by atoms with E-state index in [4.69, 9.17) is 14.4 Å². The highest BCUT2D eigenvalue weighted by Crippen LogP contribution is 2.42. The van der Waals surface area contributed by atoms with Crippen molar-refractivity contribution in [2.75, 3.05) is 0 Å². The molecule has 53 heavy (non-hydrogen) atoms. The lowest BCUT2D eigenvalue weighted by Crippen LogP contribution is -2.19. The van der Waals surface area contributed by atoms with E-state index < -0.39 is 0 Å². The standard InChI is InChI=1S/C47H32N4O2/c1-50-41-23-22-33(26-42(41)51(2)47(50)52)30-16-10-17-34(24-30)39-28-40(49-46(48-39)29-12-4-3-5-13-29)36-19-9-8-18-35(36)37-20-11-21-43-45(37)38-25-31-14-6-7-15-32(31)27-44(38)53-43/h3-28H,1-2H3. The van der Waals surface area contributed by atoms with Crippen molar-refractivity contribution in [3.05, 3.63) is 168 Å². The Morgan fingerprint density at radius 1 is 0.472 bits per heavy atom. The van der Waals surface area contributed by atoms with Crippen molar-refractivity contribution in [1.29, 1.82) is 0 Å². The van der Waals surface area contributed by atoms with Gasteiger partial charge in [0.1, 0.15) is 11.2 Å². The molecule has 6 nitrogen and oxygen atoms in total. The Kier molecular flexibility index (Phi) is 6.98. The number of imidazole rings is 1. The van der Waals surface area contributed by atoms with Gasteiger partial charge in [0.15, 0.2) is 5.82 Å². The third-order valence-electron chi connectivity index (χ3n) is 10.4. The normalized spacial score (nSPS) is 11.7. The number of rotatable bonds is 5. The molecule has 252 valence electrons. The van der Waals surface area contributed by atoms with Crippen molar-refractivity contribution < 1.29 is 4.42 Å². The van der Waals surface area contributed by atoms with Crippen LogP contribution in [0.15, 0.2) is 167 Å². The molecule has 6 heteroatoms. The number of hydrogen-bond acceptors (Lipinski definition) is 4. The number of furan rings is 1. The molecule has 3 aromatic heterocycles. The van der Waals surface area contributed by atoms with Crippen LogP contribution in [-0.2, 0) is 14.1 Å². The first-order valence-electron chi connectivity index (χ1n) is 17.6. The molecule has 0 N–H and O–H groups in total. The lowest BCUT2D eigenvalue weighted by molar-refractivity contribution is 0.669. The maximum Gasteiger partial charge on any atom is 0.328 e. The average Bonchev–Trinajstić information content (AvgIpc) is 3.69. The van der Waals surface area contributed by atoms with Gasteiger partial charge in [0, 0.05) is 41.6 Å². The molecule has 0 fully saturated rings. The highest BCUT2D eigenvalue weighted by atomic mass is 16.3. The molecule has 0 bridgehead atoms. The summed E-state index contributed by atoms with van der Waals surface area (Å²) < 4.78 is 9.83. The van der Waals surface area contributed by atoms with Gasteiger partial charge in [-0.25, -0.2) is 14.8 Å². The van der Waals surface area contributed by atoms with E-state index in [0.717, 1.165) is 88.7 Å². The van der Waals surface area contributed by atoms with Gasteiger partial charge in [-0.3, -0.25) is 9.13 Å². The molecule has 3 heterocycles. The van der Waals surface area contributed by atoms with E-state index in [1.807, 2.05) is 49.5 Å². The van der Waals surface area contributed by atoms with E-state index in [2.05, 4.69) is 115 Å². The summed E-state index contributed by atoms with van der Waals surface area (Å²) in [7, 11) is 3.62. The molecule has 0 aliphatic rings. The summed E-state index contributed by atoms with van der Waals surface area (Å²) in [5.41, 5.74) is 12.2. The fourth-order valence-electron chi connectivity index (χ4n) is 7.67. The first kappa shape index (κ1) is 30.7. The molecule has 0 amide bonds. The Balaban J connectivity index is 1.16. The van der Waals surface area contributed by atoms with E-state index in [-0.39, 0.29) is 5.69 Å². The number of nitrogens with zero attached hydrogens (tertiary/aromatic N) is 4. The number of hydrogen-bond donors (Lipinski definition) is 0. The van der Waals surface area contributed by atoms with Crippen LogP contribution in [0.4, 0.5) is 0 Å². The molecule has 10 rings (SSSR count). The zero-order valence-corrected chi connectivity index (χ0v) is 29.1. The average molecular weight is 685 g/mol. The zero-order chi connectivity index (χ0) is 35.6. The summed E-state index contributed by atoms with van der Waals surface area (Å²) >= 11 is 0. The molecule has 0 saturated carbocycles. The van der Waals surface area contributed by atoms with Gasteiger partial charge in [0.05, 0.1) is 22.4 Å². The summed E-state index contributed by atoms with van der Waals surface area (Å²) in [6.45, 7) is 0. The molecule has 0 aliphatic heterocycles. The Morgan fingerprint density at radius 3 is 1.96 bits per heavy atom. The minimum absolute atomic E-state index is 0.0428. The maximum atomic E-state index is 12.6. The van der Waals surface area contributed by atoms with E-state index in [1.54, 1.807) is 16.2 Å². The lowest BCUT2D eigenvalue weighted by Gasteiger charge is -2.14. The number of fused-ring (bicyclic) bond motifs is 5. The van der Waals surface area contributed by atoms with Gasteiger partial charge in [-0.1, -0.05) is 115 Å². The highest BCUT2D eigenvalue weighted by molar-refractivity contribution is 6.16. The second kappa shape index (κ2) is 12.0. The third kappa shape index (κ3) is 5.06. The predicted molar refractivity (Wildman–Crippen MR) is 216 cm³/mol. The minimum Gasteiger partial charge on any atom is -0.456 e. The van der Waals surface area contributed by atoms with Crippen LogP contribution < -0.4 is 5.69 Å². The van der Waals surface area contributed by atoms with Crippen molar-refractivity contribution in [3.63, 3.8) is 0 Å². The molecule has 7 aromatic carbocycles. The fourth-order valence-corrected chi connectivity index (χ4v) is 7.67. The summed E-state index contributed by atoms with van der Waals surface area (Å²) in [5.74, 6) is 0.650. The van der Waals surface area contributed by atoms with E-state index >= 15 is 0 Å². The van der Waals surface area contributed by atoms with Gasteiger partial charge in [-0.15, -0.1) is 0 Å². The Bertz CT molecular complexity index is 3110. The van der Waals surface area contributed by atoms with Crippen LogP contribution >= 0.6 is 0 Å².